The number of benzene rings is 1. The largest absolute Gasteiger partial charge is 0.496 e. The fourth-order valence-electron chi connectivity index (χ4n) is 3.26. The average Bonchev–Trinajstić information content (AvgIpc) is 2.95. The van der Waals surface area contributed by atoms with Gasteiger partial charge in [-0.05, 0) is 18.9 Å². The van der Waals surface area contributed by atoms with E-state index in [1.807, 2.05) is 29.2 Å². The molecule has 1 fully saturated rings. The van der Waals surface area contributed by atoms with E-state index < -0.39 is 0 Å². The highest BCUT2D eigenvalue weighted by Gasteiger charge is 2.36. The summed E-state index contributed by atoms with van der Waals surface area (Å²) in [6.07, 6.45) is 2.20. The Hall–Kier alpha value is -2.04. The van der Waals surface area contributed by atoms with E-state index >= 15 is 0 Å². The van der Waals surface area contributed by atoms with Crippen molar-refractivity contribution in [1.29, 1.82) is 0 Å². The Morgan fingerprint density at radius 3 is 2.54 bits per heavy atom. The van der Waals surface area contributed by atoms with Gasteiger partial charge >= 0.3 is 0 Å². The van der Waals surface area contributed by atoms with Gasteiger partial charge in [0.05, 0.1) is 13.0 Å². The summed E-state index contributed by atoms with van der Waals surface area (Å²) in [5, 5.41) is 0. The Bertz CT molecular complexity index is 567. The van der Waals surface area contributed by atoms with E-state index in [9.17, 15) is 9.59 Å². The second kappa shape index (κ2) is 8.71. The first-order valence-electron chi connectivity index (χ1n) is 8.79. The highest BCUT2D eigenvalue weighted by Crippen LogP contribution is 2.25. The van der Waals surface area contributed by atoms with Crippen molar-refractivity contribution in [3.63, 3.8) is 0 Å². The summed E-state index contributed by atoms with van der Waals surface area (Å²) in [5.74, 6) is 0.728. The number of carbonyl (C=O) groups is 2. The smallest absolute Gasteiger partial charge is 0.227 e. The number of hydrogen-bond donors (Lipinski definition) is 0. The van der Waals surface area contributed by atoms with Gasteiger partial charge in [-0.25, -0.2) is 0 Å². The second-order valence-electron chi connectivity index (χ2n) is 6.31. The molecular weight excluding hydrogens is 304 g/mol. The van der Waals surface area contributed by atoms with E-state index in [2.05, 4.69) is 13.8 Å². The third-order valence-electron chi connectivity index (χ3n) is 4.42. The third kappa shape index (κ3) is 4.28. The van der Waals surface area contributed by atoms with Gasteiger partial charge in [0.15, 0.2) is 0 Å². The van der Waals surface area contributed by atoms with Gasteiger partial charge in [0.25, 0.3) is 0 Å². The maximum absolute atomic E-state index is 12.7. The first-order chi connectivity index (χ1) is 11.6. The van der Waals surface area contributed by atoms with Gasteiger partial charge in [0.2, 0.25) is 11.8 Å². The number of carbonyl (C=O) groups excluding carboxylic acids is 2. The van der Waals surface area contributed by atoms with Crippen LogP contribution in [0.2, 0.25) is 0 Å². The third-order valence-corrected chi connectivity index (χ3v) is 4.42. The highest BCUT2D eigenvalue weighted by molar-refractivity contribution is 5.89. The van der Waals surface area contributed by atoms with Gasteiger partial charge in [-0.15, -0.1) is 0 Å². The normalized spacial score (nSPS) is 17.2. The van der Waals surface area contributed by atoms with Crippen molar-refractivity contribution in [3.05, 3.63) is 29.8 Å². The van der Waals surface area contributed by atoms with Crippen LogP contribution < -0.4 is 4.74 Å². The molecule has 0 aliphatic carbocycles. The lowest BCUT2D eigenvalue weighted by Gasteiger charge is -2.25. The van der Waals surface area contributed by atoms with Crippen molar-refractivity contribution in [1.82, 2.24) is 9.80 Å². The molecule has 0 N–H and O–H groups in total. The Balaban J connectivity index is 2.03. The van der Waals surface area contributed by atoms with Crippen LogP contribution in [0.4, 0.5) is 0 Å². The van der Waals surface area contributed by atoms with E-state index in [-0.39, 0.29) is 17.7 Å². The van der Waals surface area contributed by atoms with Gasteiger partial charge < -0.3 is 14.5 Å². The van der Waals surface area contributed by atoms with Gasteiger partial charge in [-0.1, -0.05) is 32.0 Å². The zero-order valence-corrected chi connectivity index (χ0v) is 15.0. The minimum Gasteiger partial charge on any atom is -0.496 e. The molecule has 0 radical (unpaired) electrons. The summed E-state index contributed by atoms with van der Waals surface area (Å²) in [4.78, 5) is 28.7. The van der Waals surface area contributed by atoms with Crippen LogP contribution in [0.3, 0.4) is 0 Å². The molecule has 1 aromatic rings. The summed E-state index contributed by atoms with van der Waals surface area (Å²) >= 11 is 0. The zero-order chi connectivity index (χ0) is 17.5. The molecule has 1 aliphatic heterocycles. The standard InChI is InChI=1S/C19H28N2O3/c1-4-10-20(11-5-2)19(23)16-12-18(22)21(14-16)13-15-8-6-7-9-17(15)24-3/h6-9,16H,4-5,10-14H2,1-3H3/t16-/m1/s1. The molecule has 1 atom stereocenters. The van der Waals surface area contributed by atoms with E-state index in [1.165, 1.54) is 0 Å². The van der Waals surface area contributed by atoms with Crippen LogP contribution in [-0.4, -0.2) is 48.4 Å². The molecule has 2 rings (SSSR count). The Kier molecular flexibility index (Phi) is 6.64. The molecule has 24 heavy (non-hydrogen) atoms. The Labute approximate surface area is 144 Å². The Morgan fingerprint density at radius 1 is 1.25 bits per heavy atom. The molecule has 1 aliphatic rings. The first kappa shape index (κ1) is 18.3. The highest BCUT2D eigenvalue weighted by atomic mass is 16.5. The summed E-state index contributed by atoms with van der Waals surface area (Å²) in [6.45, 7) is 6.68. The summed E-state index contributed by atoms with van der Waals surface area (Å²) < 4.78 is 5.35. The fraction of sp³-hybridized carbons (Fsp3) is 0.579. The average molecular weight is 332 g/mol. The van der Waals surface area contributed by atoms with Crippen LogP contribution in [0, 0.1) is 5.92 Å². The molecule has 5 nitrogen and oxygen atoms in total. The van der Waals surface area contributed by atoms with Crippen molar-refractivity contribution < 1.29 is 14.3 Å². The zero-order valence-electron chi connectivity index (χ0n) is 15.0. The number of hydrogen-bond acceptors (Lipinski definition) is 3. The number of amides is 2. The minimum absolute atomic E-state index is 0.0483. The van der Waals surface area contributed by atoms with Crippen LogP contribution in [0.5, 0.6) is 5.75 Å². The van der Waals surface area contributed by atoms with Crippen LogP contribution in [0.25, 0.3) is 0 Å². The van der Waals surface area contributed by atoms with E-state index in [1.54, 1.807) is 12.0 Å². The molecule has 1 saturated heterocycles. The molecule has 1 aromatic carbocycles. The minimum atomic E-state index is -0.217. The van der Waals surface area contributed by atoms with Crippen LogP contribution in [-0.2, 0) is 16.1 Å². The molecule has 0 saturated carbocycles. The Morgan fingerprint density at radius 2 is 1.92 bits per heavy atom. The predicted octanol–water partition coefficient (Wildman–Crippen LogP) is 2.69. The van der Waals surface area contributed by atoms with Crippen molar-refractivity contribution in [2.24, 2.45) is 5.92 Å². The molecule has 132 valence electrons. The van der Waals surface area contributed by atoms with Crippen molar-refractivity contribution in [3.8, 4) is 5.75 Å². The maximum Gasteiger partial charge on any atom is 0.227 e. The number of likely N-dealkylation sites (tertiary alicyclic amines) is 1. The summed E-state index contributed by atoms with van der Waals surface area (Å²) in [6, 6.07) is 7.70. The number of nitrogens with zero attached hydrogens (tertiary/aromatic N) is 2. The van der Waals surface area contributed by atoms with E-state index in [0.29, 0.717) is 19.5 Å². The molecule has 0 aromatic heterocycles. The fourth-order valence-corrected chi connectivity index (χ4v) is 3.26. The summed E-state index contributed by atoms with van der Waals surface area (Å²) in [7, 11) is 1.63. The van der Waals surface area contributed by atoms with Crippen molar-refractivity contribution in [2.45, 2.75) is 39.7 Å². The lowest BCUT2D eigenvalue weighted by atomic mass is 10.1. The predicted molar refractivity (Wildman–Crippen MR) is 93.7 cm³/mol. The number of rotatable bonds is 8. The monoisotopic (exact) mass is 332 g/mol. The van der Waals surface area contributed by atoms with Gasteiger partial charge in [-0.2, -0.15) is 0 Å². The molecule has 0 spiro atoms. The van der Waals surface area contributed by atoms with Crippen LogP contribution in [0.1, 0.15) is 38.7 Å². The van der Waals surface area contributed by atoms with Gasteiger partial charge in [0.1, 0.15) is 5.75 Å². The van der Waals surface area contributed by atoms with Crippen molar-refractivity contribution in [2.75, 3.05) is 26.7 Å². The number of ether oxygens (including phenoxy) is 1. The van der Waals surface area contributed by atoms with Crippen LogP contribution in [0.15, 0.2) is 24.3 Å². The number of para-hydroxylation sites is 1. The maximum atomic E-state index is 12.7. The quantitative estimate of drug-likeness (QED) is 0.735. The SMILES string of the molecule is CCCN(CCC)C(=O)[C@@H]1CC(=O)N(Cc2ccccc2OC)C1. The molecular formula is C19H28N2O3. The van der Waals surface area contributed by atoms with Crippen molar-refractivity contribution >= 4 is 11.8 Å². The second-order valence-corrected chi connectivity index (χ2v) is 6.31. The van der Waals surface area contributed by atoms with E-state index in [0.717, 1.165) is 37.2 Å². The molecule has 1 heterocycles. The topological polar surface area (TPSA) is 49.9 Å². The number of methoxy groups -OCH3 is 1. The molecule has 5 heteroatoms. The lowest BCUT2D eigenvalue weighted by Crippen LogP contribution is -2.38. The first-order valence-corrected chi connectivity index (χ1v) is 8.79. The lowest BCUT2D eigenvalue weighted by molar-refractivity contribution is -0.136. The molecule has 0 bridgehead atoms. The van der Waals surface area contributed by atoms with Crippen LogP contribution >= 0.6 is 0 Å². The molecule has 0 unspecified atom stereocenters. The van der Waals surface area contributed by atoms with Gasteiger partial charge in [-0.3, -0.25) is 9.59 Å². The van der Waals surface area contributed by atoms with Gasteiger partial charge in [0, 0.05) is 38.2 Å². The molecule has 2 amide bonds. The van der Waals surface area contributed by atoms with E-state index in [4.69, 9.17) is 4.74 Å². The summed E-state index contributed by atoms with van der Waals surface area (Å²) in [5.41, 5.74) is 0.973.